The lowest BCUT2D eigenvalue weighted by molar-refractivity contribution is -0.167. The maximum absolute atomic E-state index is 12.8. The van der Waals surface area contributed by atoms with Gasteiger partial charge < -0.3 is 14.2 Å². The lowest BCUT2D eigenvalue weighted by Crippen LogP contribution is -2.30. The molecule has 0 amide bonds. The van der Waals surface area contributed by atoms with Crippen molar-refractivity contribution in [3.63, 3.8) is 0 Å². The Hall–Kier alpha value is -3.67. The first kappa shape index (κ1) is 64.3. The van der Waals surface area contributed by atoms with Crippen molar-refractivity contribution >= 4 is 17.9 Å². The van der Waals surface area contributed by atoms with E-state index in [0.717, 1.165) is 103 Å². The first-order valence-corrected chi connectivity index (χ1v) is 28.2. The predicted molar refractivity (Wildman–Crippen MR) is 293 cm³/mol. The van der Waals surface area contributed by atoms with Crippen molar-refractivity contribution in [3.05, 3.63) is 97.2 Å². The van der Waals surface area contributed by atoms with Crippen LogP contribution < -0.4 is 0 Å². The van der Waals surface area contributed by atoms with E-state index in [0.29, 0.717) is 19.3 Å². The lowest BCUT2D eigenvalue weighted by atomic mass is 10.0. The summed E-state index contributed by atoms with van der Waals surface area (Å²) in [5, 5.41) is 0. The van der Waals surface area contributed by atoms with Crippen LogP contribution in [-0.2, 0) is 28.6 Å². The van der Waals surface area contributed by atoms with Gasteiger partial charge in [-0.3, -0.25) is 14.4 Å². The molecule has 1 atom stereocenters. The van der Waals surface area contributed by atoms with Gasteiger partial charge in [0.15, 0.2) is 6.10 Å². The number of allylic oxidation sites excluding steroid dienone is 16. The maximum Gasteiger partial charge on any atom is 0.306 e. The third kappa shape index (κ3) is 53.3. The van der Waals surface area contributed by atoms with Gasteiger partial charge in [0.1, 0.15) is 13.2 Å². The number of carbonyl (C=O) groups excluding carboxylic acids is 3. The predicted octanol–water partition coefficient (Wildman–Crippen LogP) is 18.9. The normalized spacial score (nSPS) is 12.8. The number of carbonyl (C=O) groups is 3. The third-order valence-corrected chi connectivity index (χ3v) is 11.8. The van der Waals surface area contributed by atoms with E-state index in [1.54, 1.807) is 0 Å². The molecule has 1 unspecified atom stereocenters. The molecular weight excluding hydrogens is 841 g/mol. The largest absolute Gasteiger partial charge is 0.462 e. The third-order valence-electron chi connectivity index (χ3n) is 11.8. The van der Waals surface area contributed by atoms with Gasteiger partial charge in [0.05, 0.1) is 0 Å². The summed E-state index contributed by atoms with van der Waals surface area (Å²) in [6.45, 7) is 6.45. The molecule has 68 heavy (non-hydrogen) atoms. The van der Waals surface area contributed by atoms with Crippen molar-refractivity contribution in [2.24, 2.45) is 0 Å². The highest BCUT2D eigenvalue weighted by Crippen LogP contribution is 2.15. The summed E-state index contributed by atoms with van der Waals surface area (Å²) in [5.74, 6) is -0.972. The standard InChI is InChI=1S/C62H104O6/c1-4-7-10-13-16-19-22-25-28-30-31-33-34-37-40-43-46-49-52-55-61(64)67-58-59(57-66-60(63)54-51-48-45-42-39-36-27-24-21-18-15-12-9-6-3)68-62(65)56-53-50-47-44-41-38-35-32-29-26-23-20-17-14-11-8-5-2/h8,11,16-17,19-20,25-26,28-29,31,33,35,38,44,47,59H,4-7,9-10,12-15,18,21-24,27,30,32,34,36-37,39-43,45-46,48-58H2,1-3H3/b11-8-,19-16-,20-17-,28-25-,29-26-,33-31-,38-35-,47-44-. The van der Waals surface area contributed by atoms with E-state index in [1.165, 1.54) is 109 Å². The molecule has 0 fully saturated rings. The van der Waals surface area contributed by atoms with Crippen molar-refractivity contribution < 1.29 is 28.6 Å². The molecular formula is C62H104O6. The average Bonchev–Trinajstić information content (AvgIpc) is 3.34. The molecule has 0 aliphatic rings. The molecule has 0 radical (unpaired) electrons. The SMILES string of the molecule is CC/C=C\C/C=C\C/C=C\C/C=C\C/C=C\CCCC(=O)OC(COC(=O)CCCCCCCC/C=C\C/C=C\C/C=C\CCCCC)COC(=O)CCCCCCCCCCCCCCCC. The Morgan fingerprint density at radius 3 is 0.971 bits per heavy atom. The van der Waals surface area contributed by atoms with Crippen molar-refractivity contribution in [2.75, 3.05) is 13.2 Å². The van der Waals surface area contributed by atoms with E-state index in [9.17, 15) is 14.4 Å². The minimum Gasteiger partial charge on any atom is -0.462 e. The number of rotatable bonds is 50. The summed E-state index contributed by atoms with van der Waals surface area (Å²) < 4.78 is 16.8. The Kier molecular flexibility index (Phi) is 52.9. The fraction of sp³-hybridized carbons (Fsp3) is 0.694. The summed E-state index contributed by atoms with van der Waals surface area (Å²) in [5.41, 5.74) is 0. The molecule has 0 aliphatic carbocycles. The summed E-state index contributed by atoms with van der Waals surface area (Å²) in [7, 11) is 0. The number of ether oxygens (including phenoxy) is 3. The van der Waals surface area contributed by atoms with Crippen LogP contribution in [0.3, 0.4) is 0 Å². The highest BCUT2D eigenvalue weighted by Gasteiger charge is 2.19. The van der Waals surface area contributed by atoms with Gasteiger partial charge in [-0.1, -0.05) is 240 Å². The van der Waals surface area contributed by atoms with Crippen LogP contribution in [-0.4, -0.2) is 37.2 Å². The van der Waals surface area contributed by atoms with Crippen LogP contribution in [0, 0.1) is 0 Å². The highest BCUT2D eigenvalue weighted by atomic mass is 16.6. The minimum atomic E-state index is -0.812. The number of esters is 3. The molecule has 0 bridgehead atoms. The van der Waals surface area contributed by atoms with Crippen LogP contribution in [0.1, 0.15) is 258 Å². The average molecular weight is 946 g/mol. The Morgan fingerprint density at radius 1 is 0.309 bits per heavy atom. The zero-order valence-electron chi connectivity index (χ0n) is 44.3. The quantitative estimate of drug-likeness (QED) is 0.0262. The molecule has 388 valence electrons. The molecule has 6 heteroatoms. The summed E-state index contributed by atoms with van der Waals surface area (Å²) in [4.78, 5) is 38.1. The molecule has 6 nitrogen and oxygen atoms in total. The second-order valence-electron chi connectivity index (χ2n) is 18.5. The van der Waals surface area contributed by atoms with Crippen molar-refractivity contribution in [1.82, 2.24) is 0 Å². The van der Waals surface area contributed by atoms with Gasteiger partial charge in [-0.25, -0.2) is 0 Å². The summed E-state index contributed by atoms with van der Waals surface area (Å²) in [6, 6.07) is 0. The van der Waals surface area contributed by atoms with Crippen LogP contribution >= 0.6 is 0 Å². The molecule has 0 saturated heterocycles. The monoisotopic (exact) mass is 945 g/mol. The van der Waals surface area contributed by atoms with E-state index >= 15 is 0 Å². The van der Waals surface area contributed by atoms with Gasteiger partial charge in [-0.05, 0) is 96.3 Å². The molecule has 0 spiro atoms. The van der Waals surface area contributed by atoms with Crippen molar-refractivity contribution in [2.45, 2.75) is 264 Å². The zero-order valence-corrected chi connectivity index (χ0v) is 44.3. The minimum absolute atomic E-state index is 0.103. The molecule has 0 rings (SSSR count). The number of unbranched alkanes of at least 4 members (excludes halogenated alkanes) is 23. The van der Waals surface area contributed by atoms with Crippen LogP contribution in [0.25, 0.3) is 0 Å². The smallest absolute Gasteiger partial charge is 0.306 e. The molecule has 0 aromatic carbocycles. The van der Waals surface area contributed by atoms with E-state index in [-0.39, 0.29) is 37.5 Å². The van der Waals surface area contributed by atoms with E-state index < -0.39 is 6.10 Å². The Balaban J connectivity index is 4.49. The molecule has 0 heterocycles. The van der Waals surface area contributed by atoms with E-state index in [4.69, 9.17) is 14.2 Å². The van der Waals surface area contributed by atoms with Gasteiger partial charge in [0.2, 0.25) is 0 Å². The summed E-state index contributed by atoms with van der Waals surface area (Å²) in [6.07, 6.45) is 73.9. The van der Waals surface area contributed by atoms with Gasteiger partial charge in [0.25, 0.3) is 0 Å². The van der Waals surface area contributed by atoms with Gasteiger partial charge in [-0.15, -0.1) is 0 Å². The van der Waals surface area contributed by atoms with Crippen LogP contribution in [0.5, 0.6) is 0 Å². The van der Waals surface area contributed by atoms with Crippen LogP contribution in [0.2, 0.25) is 0 Å². The topological polar surface area (TPSA) is 78.9 Å². The fourth-order valence-corrected chi connectivity index (χ4v) is 7.60. The van der Waals surface area contributed by atoms with E-state index in [1.807, 2.05) is 0 Å². The first-order valence-electron chi connectivity index (χ1n) is 28.2. The Bertz CT molecular complexity index is 1360. The molecule has 0 aromatic rings. The first-order chi connectivity index (χ1) is 33.5. The second kappa shape index (κ2) is 55.9. The van der Waals surface area contributed by atoms with Gasteiger partial charge in [0, 0.05) is 19.3 Å². The van der Waals surface area contributed by atoms with Gasteiger partial charge in [-0.2, -0.15) is 0 Å². The number of hydrogen-bond acceptors (Lipinski definition) is 6. The van der Waals surface area contributed by atoms with Gasteiger partial charge >= 0.3 is 17.9 Å². The van der Waals surface area contributed by atoms with E-state index in [2.05, 4.69) is 118 Å². The second-order valence-corrected chi connectivity index (χ2v) is 18.5. The molecule has 0 aliphatic heterocycles. The van der Waals surface area contributed by atoms with Crippen molar-refractivity contribution in [3.8, 4) is 0 Å². The highest BCUT2D eigenvalue weighted by molar-refractivity contribution is 5.71. The maximum atomic E-state index is 12.8. The Morgan fingerprint density at radius 2 is 0.588 bits per heavy atom. The fourth-order valence-electron chi connectivity index (χ4n) is 7.60. The summed E-state index contributed by atoms with van der Waals surface area (Å²) >= 11 is 0. The molecule has 0 N–H and O–H groups in total. The number of hydrogen-bond donors (Lipinski definition) is 0. The molecule has 0 saturated carbocycles. The van der Waals surface area contributed by atoms with Crippen LogP contribution in [0.15, 0.2) is 97.2 Å². The lowest BCUT2D eigenvalue weighted by Gasteiger charge is -2.18. The zero-order chi connectivity index (χ0) is 49.3. The van der Waals surface area contributed by atoms with Crippen molar-refractivity contribution in [1.29, 1.82) is 0 Å². The molecule has 0 aromatic heterocycles. The Labute approximate surface area is 419 Å². The van der Waals surface area contributed by atoms with Crippen LogP contribution in [0.4, 0.5) is 0 Å².